The molecule has 0 amide bonds. The molecule has 3 heterocycles. The number of esters is 1. The van der Waals surface area contributed by atoms with E-state index in [-0.39, 0.29) is 5.97 Å². The summed E-state index contributed by atoms with van der Waals surface area (Å²) in [6.45, 7) is 2.11. The topological polar surface area (TPSA) is 53.3 Å². The van der Waals surface area contributed by atoms with Gasteiger partial charge in [-0.25, -0.2) is 9.78 Å². The van der Waals surface area contributed by atoms with Gasteiger partial charge in [-0.1, -0.05) is 24.3 Å². The van der Waals surface area contributed by atoms with Gasteiger partial charge in [0.05, 0.1) is 30.6 Å². The molecule has 2 aliphatic heterocycles. The Morgan fingerprint density at radius 3 is 2.58 bits per heavy atom. The number of methoxy groups -OCH3 is 1. The van der Waals surface area contributed by atoms with Crippen LogP contribution in [0.4, 0.5) is 0 Å². The number of rotatable bonds is 5. The first kappa shape index (κ1) is 19.3. The van der Waals surface area contributed by atoms with Crippen molar-refractivity contribution in [3.8, 4) is 33.3 Å². The standard InChI is InChI=1S/C25H20N2O3S/c1-3-30-25(28)21-15-19(22-9-6-14-31-22)23-24(18-7-4-5-8-20(18)26-23)27(21)16-10-12-17(29-2)13-11-16/h4-15H,3H2,1-2H3. The third-order valence-corrected chi connectivity index (χ3v) is 6.12. The van der Waals surface area contributed by atoms with E-state index in [4.69, 9.17) is 14.5 Å². The number of hydrogen-bond acceptors (Lipinski definition) is 5. The van der Waals surface area contributed by atoms with Crippen LogP contribution in [0.15, 0.2) is 72.1 Å². The van der Waals surface area contributed by atoms with Crippen LogP contribution >= 0.6 is 11.3 Å². The number of carbonyl (C=O) groups excluding carboxylic acids is 1. The van der Waals surface area contributed by atoms with Crippen LogP contribution in [0.2, 0.25) is 0 Å². The number of aromatic nitrogens is 2. The van der Waals surface area contributed by atoms with Gasteiger partial charge in [-0.3, -0.25) is 0 Å². The number of hydrogen-bond donors (Lipinski definition) is 0. The van der Waals surface area contributed by atoms with Gasteiger partial charge in [0, 0.05) is 21.5 Å². The van der Waals surface area contributed by atoms with Gasteiger partial charge < -0.3 is 14.0 Å². The van der Waals surface area contributed by atoms with Crippen molar-refractivity contribution in [3.63, 3.8) is 0 Å². The summed E-state index contributed by atoms with van der Waals surface area (Å²) in [5.74, 6) is 0.377. The van der Waals surface area contributed by atoms with Crippen molar-refractivity contribution in [2.45, 2.75) is 6.92 Å². The van der Waals surface area contributed by atoms with E-state index in [1.807, 2.05) is 83.6 Å². The van der Waals surface area contributed by atoms with E-state index in [0.29, 0.717) is 12.3 Å². The Morgan fingerprint density at radius 1 is 1.06 bits per heavy atom. The van der Waals surface area contributed by atoms with Crippen molar-refractivity contribution in [3.05, 3.63) is 77.8 Å². The van der Waals surface area contributed by atoms with Crippen LogP contribution in [-0.4, -0.2) is 29.2 Å². The Hall–Kier alpha value is -3.64. The van der Waals surface area contributed by atoms with Crippen molar-refractivity contribution in [1.29, 1.82) is 0 Å². The van der Waals surface area contributed by atoms with Gasteiger partial charge in [-0.15, -0.1) is 11.3 Å². The van der Waals surface area contributed by atoms with E-state index in [1.54, 1.807) is 18.4 Å². The molecule has 0 atom stereocenters. The molecule has 31 heavy (non-hydrogen) atoms. The second-order valence-corrected chi connectivity index (χ2v) is 7.95. The molecule has 1 aromatic heterocycles. The second kappa shape index (κ2) is 7.89. The van der Waals surface area contributed by atoms with E-state index in [2.05, 4.69) is 0 Å². The Bertz CT molecular complexity index is 1340. The Balaban J connectivity index is 1.91. The number of benzene rings is 2. The zero-order chi connectivity index (χ0) is 21.4. The first-order chi connectivity index (χ1) is 15.2. The number of ether oxygens (including phenoxy) is 2. The minimum absolute atomic E-state index is 0.299. The summed E-state index contributed by atoms with van der Waals surface area (Å²) < 4.78 is 12.7. The summed E-state index contributed by atoms with van der Waals surface area (Å²) in [7, 11) is 1.63. The minimum Gasteiger partial charge on any atom is -0.497 e. The molecule has 0 bridgehead atoms. The predicted molar refractivity (Wildman–Crippen MR) is 124 cm³/mol. The van der Waals surface area contributed by atoms with E-state index in [1.165, 1.54) is 0 Å². The van der Waals surface area contributed by atoms with Crippen molar-refractivity contribution in [2.75, 3.05) is 13.7 Å². The lowest BCUT2D eigenvalue weighted by molar-refractivity contribution is 0.0516. The SMILES string of the molecule is CCOC(=O)c1cc(-c2cccs2)c2nc3ccccc3c-2n1-c1ccc(OC)cc1. The average molecular weight is 429 g/mol. The minimum atomic E-state index is -0.372. The van der Waals surface area contributed by atoms with Crippen LogP contribution in [0.25, 0.3) is 38.4 Å². The third-order valence-electron chi connectivity index (χ3n) is 5.22. The Morgan fingerprint density at radius 2 is 1.87 bits per heavy atom. The number of carbonyl (C=O) groups is 1. The van der Waals surface area contributed by atoms with Gasteiger partial charge in [0.15, 0.2) is 0 Å². The molecular weight excluding hydrogens is 408 g/mol. The van der Waals surface area contributed by atoms with Crippen LogP contribution < -0.4 is 4.74 Å². The molecule has 2 aromatic carbocycles. The van der Waals surface area contributed by atoms with Crippen molar-refractivity contribution < 1.29 is 14.3 Å². The quantitative estimate of drug-likeness (QED) is 0.320. The van der Waals surface area contributed by atoms with E-state index < -0.39 is 0 Å². The summed E-state index contributed by atoms with van der Waals surface area (Å²) in [6, 6.07) is 21.6. The van der Waals surface area contributed by atoms with Crippen molar-refractivity contribution >= 4 is 28.2 Å². The average Bonchev–Trinajstić information content (AvgIpc) is 3.47. The third kappa shape index (κ3) is 3.25. The van der Waals surface area contributed by atoms with Gasteiger partial charge in [0.1, 0.15) is 11.4 Å². The fourth-order valence-corrected chi connectivity index (χ4v) is 4.59. The predicted octanol–water partition coefficient (Wildman–Crippen LogP) is 6.04. The van der Waals surface area contributed by atoms with Crippen LogP contribution in [0.5, 0.6) is 5.75 Å². The molecule has 154 valence electrons. The molecular formula is C25H20N2O3S. The van der Waals surface area contributed by atoms with Crippen LogP contribution in [0.3, 0.4) is 0 Å². The fraction of sp³-hybridized carbons (Fsp3) is 0.120. The monoisotopic (exact) mass is 428 g/mol. The summed E-state index contributed by atoms with van der Waals surface area (Å²) in [6.07, 6.45) is 0. The molecule has 5 rings (SSSR count). The lowest BCUT2D eigenvalue weighted by atomic mass is 10.0. The zero-order valence-electron chi connectivity index (χ0n) is 17.2. The maximum absolute atomic E-state index is 13.1. The molecule has 6 heteroatoms. The molecule has 0 radical (unpaired) electrons. The zero-order valence-corrected chi connectivity index (χ0v) is 18.0. The normalized spacial score (nSPS) is 11.2. The maximum atomic E-state index is 13.1. The number of fused-ring (bicyclic) bond motifs is 3. The number of para-hydroxylation sites is 1. The maximum Gasteiger partial charge on any atom is 0.355 e. The highest BCUT2D eigenvalue weighted by atomic mass is 32.1. The summed E-state index contributed by atoms with van der Waals surface area (Å²) in [5, 5.41) is 3.01. The molecule has 0 unspecified atom stereocenters. The van der Waals surface area contributed by atoms with Gasteiger partial charge >= 0.3 is 5.97 Å². The first-order valence-corrected chi connectivity index (χ1v) is 10.9. The van der Waals surface area contributed by atoms with Crippen LogP contribution in [0, 0.1) is 0 Å². The largest absolute Gasteiger partial charge is 0.497 e. The summed E-state index contributed by atoms with van der Waals surface area (Å²) in [5.41, 5.74) is 4.85. The van der Waals surface area contributed by atoms with Gasteiger partial charge in [-0.05, 0) is 54.8 Å². The number of nitrogens with zero attached hydrogens (tertiary/aromatic N) is 2. The lowest BCUT2D eigenvalue weighted by Crippen LogP contribution is -2.16. The molecule has 0 aliphatic carbocycles. The fourth-order valence-electron chi connectivity index (χ4n) is 3.85. The highest BCUT2D eigenvalue weighted by Gasteiger charge is 2.27. The molecule has 0 saturated carbocycles. The van der Waals surface area contributed by atoms with E-state index in [9.17, 15) is 4.79 Å². The summed E-state index contributed by atoms with van der Waals surface area (Å²) in [4.78, 5) is 19.1. The molecule has 0 N–H and O–H groups in total. The Labute approximate surface area is 183 Å². The lowest BCUT2D eigenvalue weighted by Gasteiger charge is -2.20. The molecule has 0 spiro atoms. The molecule has 3 aromatic rings. The van der Waals surface area contributed by atoms with Gasteiger partial charge in [-0.2, -0.15) is 0 Å². The van der Waals surface area contributed by atoms with Crippen molar-refractivity contribution in [2.24, 2.45) is 0 Å². The Kier molecular flexibility index (Phi) is 4.92. The molecule has 5 nitrogen and oxygen atoms in total. The summed E-state index contributed by atoms with van der Waals surface area (Å²) >= 11 is 1.62. The number of pyridine rings is 1. The highest BCUT2D eigenvalue weighted by molar-refractivity contribution is 7.13. The highest BCUT2D eigenvalue weighted by Crippen LogP contribution is 2.42. The van der Waals surface area contributed by atoms with Crippen LogP contribution in [-0.2, 0) is 4.74 Å². The molecule has 0 fully saturated rings. The van der Waals surface area contributed by atoms with Gasteiger partial charge in [0.2, 0.25) is 0 Å². The smallest absolute Gasteiger partial charge is 0.355 e. The molecule has 0 saturated heterocycles. The van der Waals surface area contributed by atoms with Crippen LogP contribution in [0.1, 0.15) is 17.4 Å². The van der Waals surface area contributed by atoms with Crippen molar-refractivity contribution in [1.82, 2.24) is 9.55 Å². The second-order valence-electron chi connectivity index (χ2n) is 7.00. The van der Waals surface area contributed by atoms with E-state index >= 15 is 0 Å². The molecule has 2 aliphatic rings. The first-order valence-electron chi connectivity index (χ1n) is 10.0. The van der Waals surface area contributed by atoms with Gasteiger partial charge in [0.25, 0.3) is 0 Å². The number of thiophene rings is 1. The van der Waals surface area contributed by atoms with E-state index in [0.717, 1.165) is 44.2 Å².